The summed E-state index contributed by atoms with van der Waals surface area (Å²) >= 11 is 0. The van der Waals surface area contributed by atoms with Crippen molar-refractivity contribution in [1.29, 1.82) is 5.26 Å². The number of methoxy groups -OCH3 is 1. The van der Waals surface area contributed by atoms with Crippen LogP contribution in [-0.2, 0) is 11.3 Å². The van der Waals surface area contributed by atoms with Crippen LogP contribution in [0.25, 0.3) is 0 Å². The molecule has 5 nitrogen and oxygen atoms in total. The second-order valence-corrected chi connectivity index (χ2v) is 4.49. The summed E-state index contributed by atoms with van der Waals surface area (Å²) in [5.74, 6) is 1.33. The molecule has 0 aliphatic rings. The van der Waals surface area contributed by atoms with Gasteiger partial charge in [0.25, 0.3) is 0 Å². The Morgan fingerprint density at radius 1 is 1.33 bits per heavy atom. The third-order valence-electron chi connectivity index (χ3n) is 2.93. The van der Waals surface area contributed by atoms with Gasteiger partial charge in [0.15, 0.2) is 17.6 Å². The molecule has 1 aromatic carbocycles. The maximum absolute atomic E-state index is 9.10. The van der Waals surface area contributed by atoms with E-state index in [1.807, 2.05) is 32.0 Å². The van der Waals surface area contributed by atoms with Crippen LogP contribution in [0.3, 0.4) is 0 Å². The SMILES string of the molecule is CCOc1cccc(CNCCOC)c1OC(C#N)CC. The Bertz CT molecular complexity index is 457. The average Bonchev–Trinajstić information content (AvgIpc) is 2.51. The molecule has 1 unspecified atom stereocenters. The molecule has 1 N–H and O–H groups in total. The van der Waals surface area contributed by atoms with Crippen molar-refractivity contribution >= 4 is 0 Å². The van der Waals surface area contributed by atoms with Gasteiger partial charge in [0.05, 0.1) is 13.2 Å². The standard InChI is InChI=1S/C16H24N2O3/c1-4-14(11-17)21-16-13(12-18-9-10-19-3)7-6-8-15(16)20-5-2/h6-8,14,18H,4-5,9-10,12H2,1-3H3. The highest BCUT2D eigenvalue weighted by molar-refractivity contribution is 5.47. The van der Waals surface area contributed by atoms with Gasteiger partial charge in [-0.2, -0.15) is 5.26 Å². The lowest BCUT2D eigenvalue weighted by atomic mass is 10.1. The first kappa shape index (κ1) is 17.3. The van der Waals surface area contributed by atoms with E-state index >= 15 is 0 Å². The quantitative estimate of drug-likeness (QED) is 0.671. The topological polar surface area (TPSA) is 63.5 Å². The number of benzene rings is 1. The van der Waals surface area contributed by atoms with Crippen LogP contribution in [0.2, 0.25) is 0 Å². The molecule has 0 aromatic heterocycles. The van der Waals surface area contributed by atoms with Crippen LogP contribution < -0.4 is 14.8 Å². The average molecular weight is 292 g/mol. The van der Waals surface area contributed by atoms with E-state index in [4.69, 9.17) is 19.5 Å². The molecule has 0 spiro atoms. The summed E-state index contributed by atoms with van der Waals surface area (Å²) in [6, 6.07) is 7.92. The van der Waals surface area contributed by atoms with Crippen molar-refractivity contribution in [2.24, 2.45) is 0 Å². The molecule has 0 radical (unpaired) electrons. The maximum atomic E-state index is 9.10. The monoisotopic (exact) mass is 292 g/mol. The van der Waals surface area contributed by atoms with Crippen LogP contribution in [0, 0.1) is 11.3 Å². The minimum absolute atomic E-state index is 0.468. The largest absolute Gasteiger partial charge is 0.490 e. The van der Waals surface area contributed by atoms with Crippen LogP contribution in [-0.4, -0.2) is 33.0 Å². The van der Waals surface area contributed by atoms with Crippen LogP contribution in [0.4, 0.5) is 0 Å². The Kier molecular flexibility index (Phi) is 8.25. The molecule has 0 saturated heterocycles. The summed E-state index contributed by atoms with van der Waals surface area (Å²) in [5, 5.41) is 12.4. The molecule has 21 heavy (non-hydrogen) atoms. The van der Waals surface area contributed by atoms with Crippen molar-refractivity contribution in [3.8, 4) is 17.6 Å². The molecule has 116 valence electrons. The molecule has 0 bridgehead atoms. The summed E-state index contributed by atoms with van der Waals surface area (Å²) in [4.78, 5) is 0. The number of nitrogens with zero attached hydrogens (tertiary/aromatic N) is 1. The molecule has 0 heterocycles. The van der Waals surface area contributed by atoms with Crippen LogP contribution in [0.1, 0.15) is 25.8 Å². The Labute approximate surface area is 126 Å². The number of hydrogen-bond donors (Lipinski definition) is 1. The fraction of sp³-hybridized carbons (Fsp3) is 0.562. The van der Waals surface area contributed by atoms with Crippen molar-refractivity contribution in [3.63, 3.8) is 0 Å². The van der Waals surface area contributed by atoms with Crippen LogP contribution in [0.5, 0.6) is 11.5 Å². The van der Waals surface area contributed by atoms with Gasteiger partial charge in [-0.15, -0.1) is 0 Å². The predicted molar refractivity (Wildman–Crippen MR) is 81.5 cm³/mol. The maximum Gasteiger partial charge on any atom is 0.184 e. The molecule has 1 aromatic rings. The number of rotatable bonds is 10. The number of ether oxygens (including phenoxy) is 3. The number of nitrogens with one attached hydrogen (secondary N) is 1. The van der Waals surface area contributed by atoms with Crippen molar-refractivity contribution in [2.45, 2.75) is 32.9 Å². The molecule has 0 saturated carbocycles. The Balaban J connectivity index is 2.88. The zero-order valence-electron chi connectivity index (χ0n) is 13.0. The molecule has 1 rings (SSSR count). The zero-order chi connectivity index (χ0) is 15.5. The summed E-state index contributed by atoms with van der Waals surface area (Å²) in [5.41, 5.74) is 0.978. The minimum atomic E-state index is -0.468. The lowest BCUT2D eigenvalue weighted by molar-refractivity contribution is 0.198. The fourth-order valence-electron chi connectivity index (χ4n) is 1.84. The first-order valence-corrected chi connectivity index (χ1v) is 7.27. The molecular weight excluding hydrogens is 268 g/mol. The zero-order valence-corrected chi connectivity index (χ0v) is 13.0. The van der Waals surface area contributed by atoms with Crippen molar-refractivity contribution < 1.29 is 14.2 Å². The fourth-order valence-corrected chi connectivity index (χ4v) is 1.84. The van der Waals surface area contributed by atoms with E-state index in [2.05, 4.69) is 11.4 Å². The minimum Gasteiger partial charge on any atom is -0.490 e. The highest BCUT2D eigenvalue weighted by Gasteiger charge is 2.15. The second kappa shape index (κ2) is 10.0. The lowest BCUT2D eigenvalue weighted by Crippen LogP contribution is -2.20. The first-order valence-electron chi connectivity index (χ1n) is 7.27. The van der Waals surface area contributed by atoms with E-state index < -0.39 is 6.10 Å². The first-order chi connectivity index (χ1) is 10.3. The van der Waals surface area contributed by atoms with E-state index in [9.17, 15) is 0 Å². The second-order valence-electron chi connectivity index (χ2n) is 4.49. The van der Waals surface area contributed by atoms with Crippen molar-refractivity contribution in [1.82, 2.24) is 5.32 Å². The molecule has 0 aliphatic heterocycles. The summed E-state index contributed by atoms with van der Waals surface area (Å²) < 4.78 is 16.4. The summed E-state index contributed by atoms with van der Waals surface area (Å²) in [7, 11) is 1.67. The molecule has 0 aliphatic carbocycles. The molecule has 0 amide bonds. The summed E-state index contributed by atoms with van der Waals surface area (Å²) in [6.45, 7) is 6.45. The molecule has 1 atom stereocenters. The van der Waals surface area contributed by atoms with E-state index in [0.717, 1.165) is 12.1 Å². The van der Waals surface area contributed by atoms with E-state index in [1.165, 1.54) is 0 Å². The lowest BCUT2D eigenvalue weighted by Gasteiger charge is -2.18. The van der Waals surface area contributed by atoms with Gasteiger partial charge in [-0.05, 0) is 19.4 Å². The smallest absolute Gasteiger partial charge is 0.184 e. The molecular formula is C16H24N2O3. The highest BCUT2D eigenvalue weighted by Crippen LogP contribution is 2.32. The van der Waals surface area contributed by atoms with Gasteiger partial charge >= 0.3 is 0 Å². The van der Waals surface area contributed by atoms with Crippen LogP contribution in [0.15, 0.2) is 18.2 Å². The van der Waals surface area contributed by atoms with Gasteiger partial charge in [0.2, 0.25) is 0 Å². The predicted octanol–water partition coefficient (Wildman–Crippen LogP) is 2.50. The summed E-state index contributed by atoms with van der Waals surface area (Å²) in [6.07, 6.45) is 0.164. The molecule has 5 heteroatoms. The van der Waals surface area contributed by atoms with Crippen LogP contribution >= 0.6 is 0 Å². The Morgan fingerprint density at radius 3 is 2.76 bits per heavy atom. The van der Waals surface area contributed by atoms with E-state index in [-0.39, 0.29) is 0 Å². The van der Waals surface area contributed by atoms with Gasteiger partial charge in [0.1, 0.15) is 6.07 Å². The number of hydrogen-bond acceptors (Lipinski definition) is 5. The van der Waals surface area contributed by atoms with Crippen molar-refractivity contribution in [3.05, 3.63) is 23.8 Å². The highest BCUT2D eigenvalue weighted by atomic mass is 16.5. The van der Waals surface area contributed by atoms with Gasteiger partial charge in [-0.3, -0.25) is 0 Å². The third-order valence-corrected chi connectivity index (χ3v) is 2.93. The number of para-hydroxylation sites is 1. The van der Waals surface area contributed by atoms with Gasteiger partial charge in [0, 0.05) is 25.8 Å². The van der Waals surface area contributed by atoms with Crippen molar-refractivity contribution in [2.75, 3.05) is 26.9 Å². The molecule has 0 fully saturated rings. The third kappa shape index (κ3) is 5.62. The van der Waals surface area contributed by atoms with Gasteiger partial charge in [-0.25, -0.2) is 0 Å². The van der Waals surface area contributed by atoms with Gasteiger partial charge < -0.3 is 19.5 Å². The Hall–Kier alpha value is -1.77. The number of nitriles is 1. The van der Waals surface area contributed by atoms with E-state index in [1.54, 1.807) is 7.11 Å². The van der Waals surface area contributed by atoms with Gasteiger partial charge in [-0.1, -0.05) is 19.1 Å². The van der Waals surface area contributed by atoms with E-state index in [0.29, 0.717) is 37.7 Å². The Morgan fingerprint density at radius 2 is 2.14 bits per heavy atom. The normalized spacial score (nSPS) is 11.7.